The predicted octanol–water partition coefficient (Wildman–Crippen LogP) is 5.40. The zero-order valence-corrected chi connectivity index (χ0v) is 18.3. The summed E-state index contributed by atoms with van der Waals surface area (Å²) >= 11 is 0. The van der Waals surface area contributed by atoms with E-state index in [0.29, 0.717) is 6.04 Å². The average Bonchev–Trinajstić information content (AvgIpc) is 2.75. The van der Waals surface area contributed by atoms with E-state index in [1.165, 1.54) is 16.2 Å². The Morgan fingerprint density at radius 3 is 1.54 bits per heavy atom. The molecule has 0 saturated carbocycles. The third-order valence-corrected chi connectivity index (χ3v) is 7.74. The van der Waals surface area contributed by atoms with Gasteiger partial charge in [0.15, 0.2) is 0 Å². The van der Waals surface area contributed by atoms with Crippen molar-refractivity contribution in [2.24, 2.45) is 0 Å². The number of hydrogen-bond acceptors (Lipinski definition) is 2. The van der Waals surface area contributed by atoms with Gasteiger partial charge in [0.2, 0.25) is 0 Å². The summed E-state index contributed by atoms with van der Waals surface area (Å²) in [5, 5.41) is 2.78. The maximum absolute atomic E-state index is 2.71. The summed E-state index contributed by atoms with van der Waals surface area (Å²) in [6.45, 7) is 7.87. The highest BCUT2D eigenvalue weighted by Gasteiger charge is 2.33. The molecule has 1 atom stereocenters. The fourth-order valence-corrected chi connectivity index (χ4v) is 6.31. The first-order valence-electron chi connectivity index (χ1n) is 10.1. The van der Waals surface area contributed by atoms with Crippen molar-refractivity contribution in [3.8, 4) is 0 Å². The fraction of sp³-hybridized carbons (Fsp3) is 0.280. The van der Waals surface area contributed by atoms with Crippen molar-refractivity contribution in [2.45, 2.75) is 33.0 Å². The van der Waals surface area contributed by atoms with Gasteiger partial charge in [-0.05, 0) is 43.6 Å². The summed E-state index contributed by atoms with van der Waals surface area (Å²) in [6, 6.07) is 33.3. The van der Waals surface area contributed by atoms with Gasteiger partial charge >= 0.3 is 0 Å². The van der Waals surface area contributed by atoms with Crippen LogP contribution in [0.4, 0.5) is 0 Å². The van der Waals surface area contributed by atoms with Gasteiger partial charge in [-0.15, -0.1) is 0 Å². The molecule has 3 aromatic carbocycles. The number of rotatable bonds is 8. The minimum Gasteiger partial charge on any atom is -0.287 e. The SMILES string of the molecule is CCN(C)C(c1ccccc1)N(C(C)C)P(c1ccccc1)c1ccccc1. The zero-order chi connectivity index (χ0) is 19.9. The van der Waals surface area contributed by atoms with Crippen molar-refractivity contribution in [1.29, 1.82) is 0 Å². The Morgan fingerprint density at radius 2 is 1.14 bits per heavy atom. The van der Waals surface area contributed by atoms with Crippen LogP contribution in [0.2, 0.25) is 0 Å². The molecule has 28 heavy (non-hydrogen) atoms. The monoisotopic (exact) mass is 390 g/mol. The van der Waals surface area contributed by atoms with Crippen LogP contribution in [0.3, 0.4) is 0 Å². The molecule has 0 amide bonds. The molecule has 146 valence electrons. The molecule has 0 aliphatic heterocycles. The Balaban J connectivity index is 2.17. The van der Waals surface area contributed by atoms with E-state index in [9.17, 15) is 0 Å². The quantitative estimate of drug-likeness (QED) is 0.376. The Morgan fingerprint density at radius 1 is 0.714 bits per heavy atom. The topological polar surface area (TPSA) is 6.48 Å². The van der Waals surface area contributed by atoms with Gasteiger partial charge in [-0.3, -0.25) is 9.57 Å². The van der Waals surface area contributed by atoms with E-state index >= 15 is 0 Å². The maximum Gasteiger partial charge on any atom is 0.0924 e. The molecule has 0 bridgehead atoms. The van der Waals surface area contributed by atoms with Gasteiger partial charge in [0.25, 0.3) is 0 Å². The Hall–Kier alpha value is -1.99. The highest BCUT2D eigenvalue weighted by atomic mass is 31.1. The lowest BCUT2D eigenvalue weighted by Crippen LogP contribution is -2.43. The average molecular weight is 391 g/mol. The molecular weight excluding hydrogens is 359 g/mol. The Kier molecular flexibility index (Phi) is 7.39. The van der Waals surface area contributed by atoms with Crippen LogP contribution in [0.5, 0.6) is 0 Å². The van der Waals surface area contributed by atoms with Gasteiger partial charge in [-0.2, -0.15) is 0 Å². The van der Waals surface area contributed by atoms with Crippen LogP contribution >= 0.6 is 8.07 Å². The molecular formula is C25H31N2P. The smallest absolute Gasteiger partial charge is 0.0924 e. The standard InChI is InChI=1S/C25H31N2P/c1-5-26(4)25(22-15-9-6-10-16-22)27(21(2)3)28(23-17-11-7-12-18-23)24-19-13-8-14-20-24/h6-21,25H,5H2,1-4H3. The van der Waals surface area contributed by atoms with Gasteiger partial charge in [0.1, 0.15) is 0 Å². The predicted molar refractivity (Wildman–Crippen MR) is 124 cm³/mol. The molecule has 0 N–H and O–H groups in total. The molecule has 2 nitrogen and oxygen atoms in total. The van der Waals surface area contributed by atoms with Crippen LogP contribution in [-0.2, 0) is 0 Å². The van der Waals surface area contributed by atoms with Crippen molar-refractivity contribution in [3.05, 3.63) is 96.6 Å². The van der Waals surface area contributed by atoms with Crippen LogP contribution in [0.1, 0.15) is 32.5 Å². The molecule has 0 heterocycles. The lowest BCUT2D eigenvalue weighted by atomic mass is 10.1. The first kappa shape index (κ1) is 20.7. The zero-order valence-electron chi connectivity index (χ0n) is 17.4. The molecule has 0 aliphatic carbocycles. The Labute approximate surface area is 171 Å². The summed E-state index contributed by atoms with van der Waals surface area (Å²) in [5.74, 6) is 0. The molecule has 1 unspecified atom stereocenters. The summed E-state index contributed by atoms with van der Waals surface area (Å²) in [4.78, 5) is 2.45. The summed E-state index contributed by atoms with van der Waals surface area (Å²) in [5.41, 5.74) is 1.35. The van der Waals surface area contributed by atoms with Crippen LogP contribution in [-0.4, -0.2) is 29.2 Å². The van der Waals surface area contributed by atoms with Crippen LogP contribution in [0.15, 0.2) is 91.0 Å². The molecule has 0 saturated heterocycles. The molecule has 0 spiro atoms. The maximum atomic E-state index is 2.71. The highest BCUT2D eigenvalue weighted by molar-refractivity contribution is 7.70. The lowest BCUT2D eigenvalue weighted by molar-refractivity contribution is 0.119. The number of hydrogen-bond donors (Lipinski definition) is 0. The van der Waals surface area contributed by atoms with E-state index in [4.69, 9.17) is 0 Å². The van der Waals surface area contributed by atoms with Gasteiger partial charge in [-0.25, -0.2) is 0 Å². The number of benzene rings is 3. The Bertz CT molecular complexity index is 781. The second-order valence-corrected chi connectivity index (χ2v) is 9.43. The minimum absolute atomic E-state index is 0.220. The fourth-order valence-electron chi connectivity index (χ4n) is 3.58. The van der Waals surface area contributed by atoms with Crippen LogP contribution in [0, 0.1) is 0 Å². The van der Waals surface area contributed by atoms with E-state index in [1.807, 2.05) is 0 Å². The second kappa shape index (κ2) is 9.98. The third kappa shape index (κ3) is 4.70. The highest BCUT2D eigenvalue weighted by Crippen LogP contribution is 2.47. The molecule has 3 rings (SSSR count). The van der Waals surface area contributed by atoms with Gasteiger partial charge in [-0.1, -0.05) is 97.9 Å². The van der Waals surface area contributed by atoms with Crippen LogP contribution < -0.4 is 10.6 Å². The van der Waals surface area contributed by atoms with Gasteiger partial charge in [0, 0.05) is 14.1 Å². The van der Waals surface area contributed by atoms with Crippen molar-refractivity contribution >= 4 is 18.7 Å². The first-order valence-corrected chi connectivity index (χ1v) is 11.4. The van der Waals surface area contributed by atoms with E-state index in [0.717, 1.165) is 6.54 Å². The summed E-state index contributed by atoms with van der Waals surface area (Å²) in [6.07, 6.45) is 0.220. The second-order valence-electron chi connectivity index (χ2n) is 7.31. The van der Waals surface area contributed by atoms with Crippen molar-refractivity contribution in [3.63, 3.8) is 0 Å². The minimum atomic E-state index is -0.663. The molecule has 0 radical (unpaired) electrons. The molecule has 0 fully saturated rings. The first-order chi connectivity index (χ1) is 13.6. The molecule has 3 heteroatoms. The van der Waals surface area contributed by atoms with Crippen molar-refractivity contribution < 1.29 is 0 Å². The van der Waals surface area contributed by atoms with Gasteiger partial charge < -0.3 is 0 Å². The van der Waals surface area contributed by atoms with E-state index in [-0.39, 0.29) is 6.17 Å². The molecule has 0 aromatic heterocycles. The molecule has 3 aromatic rings. The van der Waals surface area contributed by atoms with E-state index in [2.05, 4.69) is 128 Å². The summed E-state index contributed by atoms with van der Waals surface area (Å²) < 4.78 is 2.71. The van der Waals surface area contributed by atoms with Crippen molar-refractivity contribution in [2.75, 3.05) is 13.6 Å². The normalized spacial score (nSPS) is 12.9. The van der Waals surface area contributed by atoms with Crippen LogP contribution in [0.25, 0.3) is 0 Å². The van der Waals surface area contributed by atoms with E-state index < -0.39 is 8.07 Å². The van der Waals surface area contributed by atoms with Crippen molar-refractivity contribution in [1.82, 2.24) is 9.57 Å². The number of nitrogens with zero attached hydrogens (tertiary/aromatic N) is 2. The molecule has 0 aliphatic rings. The largest absolute Gasteiger partial charge is 0.287 e. The van der Waals surface area contributed by atoms with E-state index in [1.54, 1.807) is 0 Å². The lowest BCUT2D eigenvalue weighted by Gasteiger charge is -2.45. The summed E-state index contributed by atoms with van der Waals surface area (Å²) in [7, 11) is 1.57. The third-order valence-electron chi connectivity index (χ3n) is 5.03. The van der Waals surface area contributed by atoms with Gasteiger partial charge in [0.05, 0.1) is 6.17 Å².